The molecule has 1 N–H and O–H groups in total. The molecule has 3 heterocycles. The number of fused-ring (bicyclic) bond motifs is 1. The summed E-state index contributed by atoms with van der Waals surface area (Å²) in [5, 5.41) is 6.53. The van der Waals surface area contributed by atoms with E-state index in [4.69, 9.17) is 0 Å². The maximum absolute atomic E-state index is 12.8. The number of thiophene rings is 1. The van der Waals surface area contributed by atoms with Gasteiger partial charge in [0.25, 0.3) is 10.0 Å². The Morgan fingerprint density at radius 3 is 2.75 bits per heavy atom. The maximum atomic E-state index is 12.8. The molecule has 0 aliphatic carbocycles. The lowest BCUT2D eigenvalue weighted by atomic mass is 10.3. The van der Waals surface area contributed by atoms with Crippen LogP contribution in [0, 0.1) is 0 Å². The Morgan fingerprint density at radius 1 is 1.17 bits per heavy atom. The molecule has 0 amide bonds. The Kier molecular flexibility index (Phi) is 3.63. The summed E-state index contributed by atoms with van der Waals surface area (Å²) in [5.41, 5.74) is 1.21. The zero-order chi connectivity index (χ0) is 16.7. The number of para-hydroxylation sites is 1. The van der Waals surface area contributed by atoms with Crippen LogP contribution in [0.4, 0.5) is 5.13 Å². The third-order valence-electron chi connectivity index (χ3n) is 3.35. The fourth-order valence-electron chi connectivity index (χ4n) is 2.33. The van der Waals surface area contributed by atoms with Gasteiger partial charge in [-0.2, -0.15) is 5.10 Å². The summed E-state index contributed by atoms with van der Waals surface area (Å²) >= 11 is 2.75. The van der Waals surface area contributed by atoms with Crippen LogP contribution >= 0.6 is 22.7 Å². The summed E-state index contributed by atoms with van der Waals surface area (Å²) in [6.07, 6.45) is 1.50. The van der Waals surface area contributed by atoms with E-state index in [0.717, 1.165) is 15.1 Å². The first-order valence-corrected chi connectivity index (χ1v) is 10.2. The molecule has 0 unspecified atom stereocenters. The quantitative estimate of drug-likeness (QED) is 0.591. The molecule has 0 bridgehead atoms. The van der Waals surface area contributed by atoms with E-state index in [1.807, 2.05) is 41.8 Å². The van der Waals surface area contributed by atoms with Crippen molar-refractivity contribution in [2.75, 3.05) is 4.72 Å². The molecule has 0 aliphatic heterocycles. The van der Waals surface area contributed by atoms with Crippen molar-refractivity contribution in [2.45, 2.75) is 4.90 Å². The minimum Gasteiger partial charge on any atom is -0.274 e. The first-order chi connectivity index (χ1) is 11.5. The SMILES string of the molecule is Cn1cc(S(=O)(=O)Nc2nc3ccccc3s2)c(-c2cccs2)n1. The lowest BCUT2D eigenvalue weighted by molar-refractivity contribution is 0.601. The van der Waals surface area contributed by atoms with Crippen LogP contribution in [-0.4, -0.2) is 23.2 Å². The first kappa shape index (κ1) is 15.3. The fraction of sp³-hybridized carbons (Fsp3) is 0.0667. The zero-order valence-electron chi connectivity index (χ0n) is 12.5. The second-order valence-electron chi connectivity index (χ2n) is 5.09. The van der Waals surface area contributed by atoms with Gasteiger partial charge in [-0.15, -0.1) is 11.3 Å². The molecule has 0 saturated carbocycles. The summed E-state index contributed by atoms with van der Waals surface area (Å²) in [6, 6.07) is 11.2. The van der Waals surface area contributed by atoms with Crippen LogP contribution < -0.4 is 4.72 Å². The molecule has 4 aromatic rings. The number of hydrogen-bond acceptors (Lipinski definition) is 6. The van der Waals surface area contributed by atoms with Crippen molar-refractivity contribution in [1.82, 2.24) is 14.8 Å². The Hall–Kier alpha value is -2.23. The number of anilines is 1. The number of sulfonamides is 1. The third-order valence-corrected chi connectivity index (χ3v) is 6.65. The molecule has 3 aromatic heterocycles. The van der Waals surface area contributed by atoms with Crippen molar-refractivity contribution in [3.8, 4) is 10.6 Å². The normalized spacial score (nSPS) is 11.9. The van der Waals surface area contributed by atoms with Crippen molar-refractivity contribution in [2.24, 2.45) is 7.05 Å². The van der Waals surface area contributed by atoms with Crippen molar-refractivity contribution >= 4 is 48.0 Å². The highest BCUT2D eigenvalue weighted by molar-refractivity contribution is 7.93. The standard InChI is InChI=1S/C15H12N4O2S3/c1-19-9-13(14(17-19)12-7-4-8-22-12)24(20,21)18-15-16-10-5-2-3-6-11(10)23-15/h2-9H,1H3,(H,16,18). The van der Waals surface area contributed by atoms with E-state index >= 15 is 0 Å². The van der Waals surface area contributed by atoms with Gasteiger partial charge in [-0.1, -0.05) is 29.5 Å². The van der Waals surface area contributed by atoms with Crippen LogP contribution in [0.25, 0.3) is 20.8 Å². The number of nitrogens with zero attached hydrogens (tertiary/aromatic N) is 3. The van der Waals surface area contributed by atoms with E-state index in [9.17, 15) is 8.42 Å². The van der Waals surface area contributed by atoms with Gasteiger partial charge in [-0.05, 0) is 23.6 Å². The summed E-state index contributed by atoms with van der Waals surface area (Å²) in [4.78, 5) is 5.28. The zero-order valence-corrected chi connectivity index (χ0v) is 15.0. The first-order valence-electron chi connectivity index (χ1n) is 6.99. The van der Waals surface area contributed by atoms with Crippen molar-refractivity contribution in [3.63, 3.8) is 0 Å². The number of aryl methyl sites for hydroxylation is 1. The second-order valence-corrected chi connectivity index (χ2v) is 8.71. The number of benzene rings is 1. The van der Waals surface area contributed by atoms with Crippen LogP contribution in [0.5, 0.6) is 0 Å². The molecule has 0 radical (unpaired) electrons. The number of rotatable bonds is 4. The Balaban J connectivity index is 1.75. The van der Waals surface area contributed by atoms with Gasteiger partial charge in [0.05, 0.1) is 15.1 Å². The molecule has 0 fully saturated rings. The van der Waals surface area contributed by atoms with Gasteiger partial charge in [-0.3, -0.25) is 9.40 Å². The molecule has 0 atom stereocenters. The van der Waals surface area contributed by atoms with Gasteiger partial charge < -0.3 is 0 Å². The predicted molar refractivity (Wildman–Crippen MR) is 96.9 cm³/mol. The van der Waals surface area contributed by atoms with E-state index < -0.39 is 10.0 Å². The third kappa shape index (κ3) is 2.70. The second kappa shape index (κ2) is 5.69. The molecule has 4 rings (SSSR count). The van der Waals surface area contributed by atoms with Crippen LogP contribution in [-0.2, 0) is 17.1 Å². The van der Waals surface area contributed by atoms with E-state index in [2.05, 4.69) is 14.8 Å². The Bertz CT molecular complexity index is 1080. The average Bonchev–Trinajstić information content (AvgIpc) is 3.24. The highest BCUT2D eigenvalue weighted by atomic mass is 32.2. The average molecular weight is 376 g/mol. The van der Waals surface area contributed by atoms with Crippen LogP contribution in [0.2, 0.25) is 0 Å². The number of hydrogen-bond donors (Lipinski definition) is 1. The molecule has 1 aromatic carbocycles. The Morgan fingerprint density at radius 2 is 2.00 bits per heavy atom. The van der Waals surface area contributed by atoms with Crippen LogP contribution in [0.3, 0.4) is 0 Å². The highest BCUT2D eigenvalue weighted by Crippen LogP contribution is 2.32. The van der Waals surface area contributed by atoms with Gasteiger partial charge >= 0.3 is 0 Å². The number of nitrogens with one attached hydrogen (secondary N) is 1. The molecular formula is C15H12N4O2S3. The van der Waals surface area contributed by atoms with Gasteiger partial charge in [-0.25, -0.2) is 13.4 Å². The topological polar surface area (TPSA) is 76.9 Å². The lowest BCUT2D eigenvalue weighted by Gasteiger charge is -2.04. The highest BCUT2D eigenvalue weighted by Gasteiger charge is 2.25. The van der Waals surface area contributed by atoms with Crippen LogP contribution in [0.1, 0.15) is 0 Å². The number of aromatic nitrogens is 3. The van der Waals surface area contributed by atoms with Gasteiger partial charge in [0.15, 0.2) is 5.13 Å². The fourth-order valence-corrected chi connectivity index (χ4v) is 5.42. The molecule has 6 nitrogen and oxygen atoms in total. The number of thiazole rings is 1. The van der Waals surface area contributed by atoms with E-state index in [1.54, 1.807) is 7.05 Å². The van der Waals surface area contributed by atoms with E-state index in [1.165, 1.54) is 33.6 Å². The molecule has 9 heteroatoms. The smallest absolute Gasteiger partial charge is 0.267 e. The summed E-state index contributed by atoms with van der Waals surface area (Å²) in [7, 11) is -2.07. The molecule has 122 valence electrons. The van der Waals surface area contributed by atoms with E-state index in [0.29, 0.717) is 10.8 Å². The molecular weight excluding hydrogens is 364 g/mol. The predicted octanol–water partition coefficient (Wildman–Crippen LogP) is 3.56. The minimum absolute atomic E-state index is 0.145. The minimum atomic E-state index is -3.78. The summed E-state index contributed by atoms with van der Waals surface area (Å²) in [6.45, 7) is 0. The molecule has 0 saturated heterocycles. The van der Waals surface area contributed by atoms with Crippen molar-refractivity contribution in [3.05, 3.63) is 48.0 Å². The lowest BCUT2D eigenvalue weighted by Crippen LogP contribution is -2.13. The van der Waals surface area contributed by atoms with Crippen molar-refractivity contribution < 1.29 is 8.42 Å². The molecule has 24 heavy (non-hydrogen) atoms. The monoisotopic (exact) mass is 376 g/mol. The van der Waals surface area contributed by atoms with Crippen LogP contribution in [0.15, 0.2) is 52.9 Å². The van der Waals surface area contributed by atoms with Gasteiger partial charge in [0.2, 0.25) is 0 Å². The Labute approximate surface area is 146 Å². The van der Waals surface area contributed by atoms with Gasteiger partial charge in [0, 0.05) is 13.2 Å². The molecule has 0 spiro atoms. The van der Waals surface area contributed by atoms with E-state index in [-0.39, 0.29) is 4.90 Å². The van der Waals surface area contributed by atoms with Gasteiger partial charge in [0.1, 0.15) is 10.6 Å². The summed E-state index contributed by atoms with van der Waals surface area (Å²) in [5.74, 6) is 0. The largest absolute Gasteiger partial charge is 0.274 e. The summed E-state index contributed by atoms with van der Waals surface area (Å²) < 4.78 is 30.6. The van der Waals surface area contributed by atoms with Crippen molar-refractivity contribution in [1.29, 1.82) is 0 Å². The maximum Gasteiger partial charge on any atom is 0.267 e. The molecule has 0 aliphatic rings.